The number of allylic oxidation sites excluding steroid dienone is 1. The largest absolute Gasteiger partial charge is 0.456 e. The van der Waals surface area contributed by atoms with E-state index in [2.05, 4.69) is 18.8 Å². The number of pyridine rings is 1. The molecule has 10 heteroatoms. The lowest BCUT2D eigenvalue weighted by molar-refractivity contribution is -0.362. The molecule has 0 unspecified atom stereocenters. The van der Waals surface area contributed by atoms with Crippen molar-refractivity contribution >= 4 is 12.2 Å². The van der Waals surface area contributed by atoms with Gasteiger partial charge in [0.2, 0.25) is 0 Å². The second-order valence-corrected chi connectivity index (χ2v) is 16.0. The van der Waals surface area contributed by atoms with Crippen LogP contribution in [0.25, 0.3) is 12.2 Å². The van der Waals surface area contributed by atoms with Crippen molar-refractivity contribution in [2.75, 3.05) is 13.2 Å². The number of aliphatic hydroxyl groups is 2. The van der Waals surface area contributed by atoms with Crippen LogP contribution in [-0.2, 0) is 9.47 Å². The number of fused-ring (bicyclic) bond motifs is 4. The quantitative estimate of drug-likeness (QED) is 0.252. The number of ether oxygens (including phenoxy) is 2. The molecule has 4 fully saturated rings. The van der Waals surface area contributed by atoms with E-state index in [1.165, 1.54) is 6.92 Å². The smallest absolute Gasteiger partial charge is 0.385 e. The zero-order valence-electron chi connectivity index (χ0n) is 27.6. The van der Waals surface area contributed by atoms with Crippen molar-refractivity contribution in [1.82, 2.24) is 4.98 Å². The average molecular weight is 674 g/mol. The van der Waals surface area contributed by atoms with Gasteiger partial charge in [0.25, 0.3) is 0 Å². The molecule has 4 aliphatic carbocycles. The fourth-order valence-corrected chi connectivity index (χ4v) is 9.81. The number of alkyl halides is 5. The van der Waals surface area contributed by atoms with Gasteiger partial charge in [-0.25, -0.2) is 0 Å². The first-order valence-corrected chi connectivity index (χ1v) is 17.0. The maximum absolute atomic E-state index is 15.4. The molecule has 6 atom stereocenters. The minimum atomic E-state index is -5.89. The number of aromatic nitrogens is 1. The molecule has 2 aromatic rings. The summed E-state index contributed by atoms with van der Waals surface area (Å²) >= 11 is 0. The highest BCUT2D eigenvalue weighted by Crippen LogP contribution is 2.71. The van der Waals surface area contributed by atoms with Crippen molar-refractivity contribution in [3.8, 4) is 0 Å². The Morgan fingerprint density at radius 3 is 2.21 bits per heavy atom. The van der Waals surface area contributed by atoms with E-state index in [1.807, 2.05) is 48.6 Å². The van der Waals surface area contributed by atoms with Gasteiger partial charge in [-0.15, -0.1) is 0 Å². The SMILES string of the molecule is CC1(C)COC2(CCC3=C4[C@@H](CC[C@@]3(O)C2)[C@@H]2CC[C@@](O)(C(F)(F)C(F)(F)F)[C@@]2(C)C[C@@H]4c2ccc(C=Cc3cccnc3)cc2)OC1. The fourth-order valence-electron chi connectivity index (χ4n) is 9.81. The fraction of sp³-hybridized carbons (Fsp3) is 0.605. The molecule has 7 rings (SSSR count). The Hall–Kier alpha value is -2.66. The minimum Gasteiger partial charge on any atom is -0.385 e. The van der Waals surface area contributed by atoms with Gasteiger partial charge < -0.3 is 19.7 Å². The third kappa shape index (κ3) is 5.19. The van der Waals surface area contributed by atoms with E-state index in [0.29, 0.717) is 38.9 Å². The molecule has 1 aromatic carbocycles. The summed E-state index contributed by atoms with van der Waals surface area (Å²) in [5.74, 6) is -7.72. The average Bonchev–Trinajstić information content (AvgIpc) is 3.32. The van der Waals surface area contributed by atoms with Crippen molar-refractivity contribution in [2.45, 2.75) is 107 Å². The summed E-state index contributed by atoms with van der Waals surface area (Å²) in [6.45, 7) is 6.55. The monoisotopic (exact) mass is 673 g/mol. The first kappa shape index (κ1) is 33.8. The Morgan fingerprint density at radius 1 is 0.875 bits per heavy atom. The first-order chi connectivity index (χ1) is 22.4. The predicted molar refractivity (Wildman–Crippen MR) is 171 cm³/mol. The Balaban J connectivity index is 1.30. The normalized spacial score (nSPS) is 36.2. The van der Waals surface area contributed by atoms with Crippen molar-refractivity contribution in [3.05, 3.63) is 76.6 Å². The van der Waals surface area contributed by atoms with E-state index in [9.17, 15) is 23.4 Å². The predicted octanol–water partition coefficient (Wildman–Crippen LogP) is 8.48. The zero-order valence-corrected chi connectivity index (χ0v) is 27.6. The Bertz CT molecular complexity index is 1590. The maximum Gasteiger partial charge on any atom is 0.456 e. The van der Waals surface area contributed by atoms with Gasteiger partial charge in [-0.1, -0.05) is 68.8 Å². The van der Waals surface area contributed by atoms with Gasteiger partial charge in [0, 0.05) is 42.0 Å². The van der Waals surface area contributed by atoms with E-state index < -0.39 is 52.8 Å². The molecule has 0 radical (unpaired) electrons. The van der Waals surface area contributed by atoms with Gasteiger partial charge in [-0.2, -0.15) is 22.0 Å². The van der Waals surface area contributed by atoms with Crippen LogP contribution in [0.2, 0.25) is 0 Å². The summed E-state index contributed by atoms with van der Waals surface area (Å²) in [5.41, 5.74) is -2.05. The summed E-state index contributed by atoms with van der Waals surface area (Å²) in [6, 6.07) is 11.4. The van der Waals surface area contributed by atoms with Crippen LogP contribution in [0.15, 0.2) is 59.9 Å². The summed E-state index contributed by atoms with van der Waals surface area (Å²) in [4.78, 5) is 4.12. The molecule has 48 heavy (non-hydrogen) atoms. The van der Waals surface area contributed by atoms with Crippen LogP contribution in [0.3, 0.4) is 0 Å². The molecule has 3 saturated carbocycles. The lowest BCUT2D eigenvalue weighted by Crippen LogP contribution is -2.65. The first-order valence-electron chi connectivity index (χ1n) is 17.0. The molecule has 0 bridgehead atoms. The van der Waals surface area contributed by atoms with Crippen molar-refractivity contribution in [1.29, 1.82) is 0 Å². The molecule has 1 aromatic heterocycles. The summed E-state index contributed by atoms with van der Waals surface area (Å²) in [6.07, 6.45) is 2.64. The number of hydrogen-bond donors (Lipinski definition) is 2. The van der Waals surface area contributed by atoms with Crippen LogP contribution in [0.4, 0.5) is 22.0 Å². The summed E-state index contributed by atoms with van der Waals surface area (Å²) in [7, 11) is 0. The number of benzene rings is 1. The van der Waals surface area contributed by atoms with Crippen LogP contribution >= 0.6 is 0 Å². The second-order valence-electron chi connectivity index (χ2n) is 16.0. The van der Waals surface area contributed by atoms with Crippen LogP contribution < -0.4 is 0 Å². The van der Waals surface area contributed by atoms with Crippen LogP contribution in [0.1, 0.15) is 94.7 Å². The lowest BCUT2D eigenvalue weighted by atomic mass is 9.49. The molecule has 5 aliphatic rings. The molecule has 5 nitrogen and oxygen atoms in total. The highest BCUT2D eigenvalue weighted by atomic mass is 19.4. The molecule has 260 valence electrons. The molecule has 2 N–H and O–H groups in total. The summed E-state index contributed by atoms with van der Waals surface area (Å²) in [5, 5.41) is 24.0. The highest BCUT2D eigenvalue weighted by molar-refractivity contribution is 5.69. The molecular formula is C38H44F5NO4. The van der Waals surface area contributed by atoms with Crippen molar-refractivity contribution in [2.24, 2.45) is 22.7 Å². The Kier molecular flexibility index (Phi) is 7.87. The molecule has 0 amide bonds. The highest BCUT2D eigenvalue weighted by Gasteiger charge is 2.79. The Labute approximate surface area is 278 Å². The van der Waals surface area contributed by atoms with Crippen molar-refractivity contribution in [3.63, 3.8) is 0 Å². The van der Waals surface area contributed by atoms with Gasteiger partial charge in [0.05, 0.1) is 18.8 Å². The van der Waals surface area contributed by atoms with Gasteiger partial charge in [0.1, 0.15) is 5.60 Å². The second kappa shape index (κ2) is 11.2. The van der Waals surface area contributed by atoms with Crippen molar-refractivity contribution < 1.29 is 41.6 Å². The van der Waals surface area contributed by atoms with Gasteiger partial charge in [0.15, 0.2) is 5.79 Å². The Morgan fingerprint density at radius 2 is 1.56 bits per heavy atom. The van der Waals surface area contributed by atoms with E-state index in [1.54, 1.807) is 12.4 Å². The third-order valence-electron chi connectivity index (χ3n) is 12.4. The van der Waals surface area contributed by atoms with E-state index in [4.69, 9.17) is 9.47 Å². The summed E-state index contributed by atoms with van der Waals surface area (Å²) < 4.78 is 85.2. The lowest BCUT2D eigenvalue weighted by Gasteiger charge is -2.59. The van der Waals surface area contributed by atoms with E-state index in [-0.39, 0.29) is 30.6 Å². The minimum absolute atomic E-state index is 0.0502. The molecule has 1 spiro atoms. The van der Waals surface area contributed by atoms with E-state index in [0.717, 1.165) is 27.8 Å². The number of nitrogens with zero attached hydrogens (tertiary/aromatic N) is 1. The third-order valence-corrected chi connectivity index (χ3v) is 12.4. The standard InChI is InChI=1S/C38H44F5NO4/c1-32(2)22-47-35(48-23-32)16-13-30-31-27(12-15-34(30,45)21-35)29-14-17-36(46,37(39,40)38(41,42)43)33(29,3)19-28(31)26-10-8-24(9-11-26)6-7-25-5-4-18-44-20-25/h4-11,18,20,27-29,45-46H,12-17,19,21-23H2,1-3H3/t27-,28+,29-,33-,34+,36-/m0/s1. The van der Waals surface area contributed by atoms with Gasteiger partial charge in [-0.3, -0.25) is 4.98 Å². The number of rotatable bonds is 4. The van der Waals surface area contributed by atoms with Crippen LogP contribution in [0.5, 0.6) is 0 Å². The molecule has 1 aliphatic heterocycles. The molecule has 2 heterocycles. The molecular weight excluding hydrogens is 629 g/mol. The van der Waals surface area contributed by atoms with Gasteiger partial charge >= 0.3 is 12.1 Å². The van der Waals surface area contributed by atoms with Gasteiger partial charge in [-0.05, 0) is 78.7 Å². The van der Waals surface area contributed by atoms with Crippen LogP contribution in [-0.4, -0.2) is 57.5 Å². The topological polar surface area (TPSA) is 71.8 Å². The van der Waals surface area contributed by atoms with Crippen LogP contribution in [0, 0.1) is 22.7 Å². The number of halogens is 5. The molecule has 1 saturated heterocycles. The maximum atomic E-state index is 15.4. The van der Waals surface area contributed by atoms with E-state index >= 15 is 8.78 Å². The number of hydrogen-bond acceptors (Lipinski definition) is 5. The zero-order chi connectivity index (χ0) is 34.4.